The fourth-order valence-corrected chi connectivity index (χ4v) is 3.32. The van der Waals surface area contributed by atoms with Crippen molar-refractivity contribution in [2.24, 2.45) is 5.73 Å². The molecule has 5 heteroatoms. The monoisotopic (exact) mass is 375 g/mol. The summed E-state index contributed by atoms with van der Waals surface area (Å²) in [5.74, 6) is 0.843. The van der Waals surface area contributed by atoms with Crippen LogP contribution in [0.1, 0.15) is 9.75 Å². The molecule has 17 heavy (non-hydrogen) atoms. The number of benzene rings is 1. The van der Waals surface area contributed by atoms with Gasteiger partial charge in [-0.05, 0) is 46.3 Å². The van der Waals surface area contributed by atoms with Gasteiger partial charge in [0.2, 0.25) is 0 Å². The highest BCUT2D eigenvalue weighted by Crippen LogP contribution is 2.29. The maximum atomic E-state index is 5.74. The van der Waals surface area contributed by atoms with E-state index < -0.39 is 0 Å². The molecule has 0 radical (unpaired) electrons. The lowest BCUT2D eigenvalue weighted by molar-refractivity contribution is 0.308. The van der Waals surface area contributed by atoms with Crippen molar-refractivity contribution in [3.05, 3.63) is 49.0 Å². The molecule has 1 heterocycles. The largest absolute Gasteiger partial charge is 0.487 e. The fraction of sp³-hybridized carbons (Fsp3) is 0.167. The lowest BCUT2D eigenvalue weighted by Crippen LogP contribution is -1.94. The van der Waals surface area contributed by atoms with E-state index in [2.05, 4.69) is 37.9 Å². The molecule has 2 nitrogen and oxygen atoms in total. The van der Waals surface area contributed by atoms with Gasteiger partial charge in [0.1, 0.15) is 12.4 Å². The Labute approximate surface area is 121 Å². The Morgan fingerprint density at radius 2 is 1.88 bits per heavy atom. The molecule has 0 aliphatic rings. The van der Waals surface area contributed by atoms with Crippen LogP contribution in [0.2, 0.25) is 0 Å². The second-order valence-electron chi connectivity index (χ2n) is 3.44. The molecule has 90 valence electrons. The van der Waals surface area contributed by atoms with Crippen LogP contribution in [0.4, 0.5) is 0 Å². The second-order valence-corrected chi connectivity index (χ2v) is 6.46. The molecule has 0 saturated heterocycles. The van der Waals surface area contributed by atoms with E-state index in [-0.39, 0.29) is 0 Å². The Balaban J connectivity index is 2.02. The lowest BCUT2D eigenvalue weighted by Gasteiger charge is -2.07. The molecule has 1 aromatic heterocycles. The van der Waals surface area contributed by atoms with E-state index in [0.717, 1.165) is 14.7 Å². The third-order valence-electron chi connectivity index (χ3n) is 2.18. The van der Waals surface area contributed by atoms with Gasteiger partial charge < -0.3 is 10.5 Å². The molecule has 1 aromatic carbocycles. The van der Waals surface area contributed by atoms with Crippen LogP contribution in [0.15, 0.2) is 39.3 Å². The molecular formula is C12H11Br2NOS. The van der Waals surface area contributed by atoms with E-state index in [1.807, 2.05) is 24.3 Å². The van der Waals surface area contributed by atoms with E-state index in [4.69, 9.17) is 10.5 Å². The minimum absolute atomic E-state index is 0.574. The van der Waals surface area contributed by atoms with E-state index in [0.29, 0.717) is 13.2 Å². The van der Waals surface area contributed by atoms with Gasteiger partial charge in [0, 0.05) is 20.8 Å². The first kappa shape index (κ1) is 13.1. The summed E-state index contributed by atoms with van der Waals surface area (Å²) < 4.78 is 7.71. The van der Waals surface area contributed by atoms with Crippen molar-refractivity contribution in [2.45, 2.75) is 13.2 Å². The lowest BCUT2D eigenvalue weighted by atomic mass is 10.3. The Morgan fingerprint density at radius 3 is 2.53 bits per heavy atom. The summed E-state index contributed by atoms with van der Waals surface area (Å²) in [6.45, 7) is 1.16. The van der Waals surface area contributed by atoms with Crippen LogP contribution in [-0.4, -0.2) is 0 Å². The summed E-state index contributed by atoms with van der Waals surface area (Å²) in [6.07, 6.45) is 0. The van der Waals surface area contributed by atoms with Gasteiger partial charge >= 0.3 is 0 Å². The maximum absolute atomic E-state index is 5.74. The maximum Gasteiger partial charge on any atom is 0.134 e. The molecule has 0 unspecified atom stereocenters. The van der Waals surface area contributed by atoms with Crippen LogP contribution >= 0.6 is 43.2 Å². The number of ether oxygens (including phenoxy) is 1. The first-order valence-electron chi connectivity index (χ1n) is 5.04. The molecule has 0 spiro atoms. The molecule has 0 aliphatic carbocycles. The van der Waals surface area contributed by atoms with Crippen molar-refractivity contribution in [3.8, 4) is 5.75 Å². The zero-order valence-electron chi connectivity index (χ0n) is 8.95. The molecule has 0 atom stereocenters. The predicted molar refractivity (Wildman–Crippen MR) is 78.4 cm³/mol. The summed E-state index contributed by atoms with van der Waals surface area (Å²) in [6, 6.07) is 9.96. The second kappa shape index (κ2) is 6.00. The van der Waals surface area contributed by atoms with Gasteiger partial charge in [-0.15, -0.1) is 11.3 Å². The highest BCUT2D eigenvalue weighted by Gasteiger charge is 2.04. The summed E-state index contributed by atoms with van der Waals surface area (Å²) in [4.78, 5) is 2.36. The molecule has 0 aliphatic heterocycles. The molecule has 0 fully saturated rings. The fourth-order valence-electron chi connectivity index (χ4n) is 1.35. The quantitative estimate of drug-likeness (QED) is 0.862. The van der Waals surface area contributed by atoms with Crippen molar-refractivity contribution < 1.29 is 4.74 Å². The summed E-state index contributed by atoms with van der Waals surface area (Å²) in [5, 5.41) is 0. The number of hydrogen-bond donors (Lipinski definition) is 1. The number of hydrogen-bond acceptors (Lipinski definition) is 3. The van der Waals surface area contributed by atoms with E-state index >= 15 is 0 Å². The van der Waals surface area contributed by atoms with Crippen LogP contribution in [0.5, 0.6) is 5.75 Å². The van der Waals surface area contributed by atoms with Crippen molar-refractivity contribution in [3.63, 3.8) is 0 Å². The molecule has 0 amide bonds. The third-order valence-corrected chi connectivity index (χ3v) is 4.38. The van der Waals surface area contributed by atoms with Gasteiger partial charge in [-0.3, -0.25) is 0 Å². The van der Waals surface area contributed by atoms with Crippen molar-refractivity contribution >= 4 is 43.2 Å². The molecule has 0 bridgehead atoms. The average Bonchev–Trinajstić information content (AvgIpc) is 2.76. The highest BCUT2D eigenvalue weighted by atomic mass is 79.9. The number of halogens is 2. The van der Waals surface area contributed by atoms with Crippen molar-refractivity contribution in [1.29, 1.82) is 0 Å². The first-order chi connectivity index (χ1) is 8.19. The van der Waals surface area contributed by atoms with Gasteiger partial charge in [-0.1, -0.05) is 15.9 Å². The minimum atomic E-state index is 0.574. The Bertz CT molecular complexity index is 513. The molecule has 2 rings (SSSR count). The van der Waals surface area contributed by atoms with Gasteiger partial charge in [0.15, 0.2) is 0 Å². The smallest absolute Gasteiger partial charge is 0.134 e. The molecule has 2 N–H and O–H groups in total. The van der Waals surface area contributed by atoms with Crippen LogP contribution in [0, 0.1) is 0 Å². The summed E-state index contributed by atoms with van der Waals surface area (Å²) in [5.41, 5.74) is 5.57. The van der Waals surface area contributed by atoms with Gasteiger partial charge in [0.25, 0.3) is 0 Å². The highest BCUT2D eigenvalue weighted by molar-refractivity contribution is 9.11. The Morgan fingerprint density at radius 1 is 1.12 bits per heavy atom. The third kappa shape index (κ3) is 3.55. The van der Waals surface area contributed by atoms with Crippen molar-refractivity contribution in [1.82, 2.24) is 0 Å². The zero-order valence-corrected chi connectivity index (χ0v) is 12.9. The minimum Gasteiger partial charge on any atom is -0.487 e. The van der Waals surface area contributed by atoms with Crippen LogP contribution in [0.25, 0.3) is 0 Å². The Hall–Kier alpha value is -0.360. The van der Waals surface area contributed by atoms with Crippen LogP contribution in [0.3, 0.4) is 0 Å². The van der Waals surface area contributed by atoms with Gasteiger partial charge in [-0.2, -0.15) is 0 Å². The van der Waals surface area contributed by atoms with Gasteiger partial charge in [0.05, 0.1) is 4.47 Å². The van der Waals surface area contributed by atoms with Crippen molar-refractivity contribution in [2.75, 3.05) is 0 Å². The zero-order chi connectivity index (χ0) is 12.3. The van der Waals surface area contributed by atoms with Crippen LogP contribution < -0.4 is 10.5 Å². The first-order valence-corrected chi connectivity index (χ1v) is 7.45. The van der Waals surface area contributed by atoms with Crippen LogP contribution in [-0.2, 0) is 13.2 Å². The number of nitrogens with two attached hydrogens (primary N) is 1. The van der Waals surface area contributed by atoms with E-state index in [1.165, 1.54) is 9.75 Å². The summed E-state index contributed by atoms with van der Waals surface area (Å²) in [7, 11) is 0. The Kier molecular flexibility index (Phi) is 4.62. The standard InChI is InChI=1S/C12H11Br2NOS/c13-8-1-4-12(11(14)5-8)16-7-10-3-2-9(6-15)17-10/h1-5H,6-7,15H2. The normalized spacial score (nSPS) is 10.5. The van der Waals surface area contributed by atoms with Gasteiger partial charge in [-0.25, -0.2) is 0 Å². The number of thiophene rings is 1. The average molecular weight is 377 g/mol. The predicted octanol–water partition coefficient (Wildman–Crippen LogP) is 4.31. The van der Waals surface area contributed by atoms with E-state index in [1.54, 1.807) is 11.3 Å². The van der Waals surface area contributed by atoms with E-state index in [9.17, 15) is 0 Å². The topological polar surface area (TPSA) is 35.2 Å². The molecular weight excluding hydrogens is 366 g/mol. The number of rotatable bonds is 4. The SMILES string of the molecule is NCc1ccc(COc2ccc(Br)cc2Br)s1. The molecule has 2 aromatic rings. The molecule has 0 saturated carbocycles. The summed E-state index contributed by atoms with van der Waals surface area (Å²) >= 11 is 8.56.